The van der Waals surface area contributed by atoms with Crippen molar-refractivity contribution in [2.75, 3.05) is 0 Å². The van der Waals surface area contributed by atoms with Crippen molar-refractivity contribution in [1.29, 1.82) is 0 Å². The summed E-state index contributed by atoms with van der Waals surface area (Å²) in [7, 11) is -3.14. The van der Waals surface area contributed by atoms with Crippen molar-refractivity contribution in [3.63, 3.8) is 0 Å². The fourth-order valence-electron chi connectivity index (χ4n) is 3.97. The minimum absolute atomic E-state index is 0.339. The van der Waals surface area contributed by atoms with Crippen LogP contribution in [0.2, 0.25) is 0 Å². The molecule has 0 amide bonds. The molecule has 0 bridgehead atoms. The highest BCUT2D eigenvalue weighted by Gasteiger charge is 2.38. The molecule has 0 radical (unpaired) electrons. The summed E-state index contributed by atoms with van der Waals surface area (Å²) in [5, 5.41) is 15.1. The second kappa shape index (κ2) is 9.59. The van der Waals surface area contributed by atoms with Crippen molar-refractivity contribution in [3.05, 3.63) is 132 Å². The fraction of sp³-hybridized carbons (Fsp3) is 0.0741. The highest BCUT2D eigenvalue weighted by molar-refractivity contribution is 7.79. The predicted octanol–water partition coefficient (Wildman–Crippen LogP) is 6.01. The second-order valence-electron chi connectivity index (χ2n) is 7.37. The van der Waals surface area contributed by atoms with Crippen molar-refractivity contribution >= 4 is 23.5 Å². The van der Waals surface area contributed by atoms with Crippen molar-refractivity contribution < 1.29 is 9.77 Å². The fourth-order valence-corrected chi connectivity index (χ4v) is 7.24. The summed E-state index contributed by atoms with van der Waals surface area (Å²) in [5.41, 5.74) is 1.90. The van der Waals surface area contributed by atoms with Crippen LogP contribution in [0.3, 0.4) is 0 Å². The van der Waals surface area contributed by atoms with Gasteiger partial charge in [-0.3, -0.25) is 0 Å². The standard InChI is InChI=1S/C27H24NO2P/c29-28-26(22-13-5-1-6-14-22)21-27(23-15-7-2-8-16-23)31(30,24-17-9-3-10-18-24)25-19-11-4-12-20-25/h1-20,27,29H,21H2/b28-26-. The number of nitrogens with zero attached hydrogens (tertiary/aromatic N) is 1. The molecule has 0 saturated carbocycles. The molecular formula is C27H24NO2P. The van der Waals surface area contributed by atoms with E-state index in [-0.39, 0.29) is 5.66 Å². The molecule has 154 valence electrons. The van der Waals surface area contributed by atoms with Crippen LogP contribution in [0.15, 0.2) is 126 Å². The number of benzene rings is 4. The molecule has 4 heteroatoms. The van der Waals surface area contributed by atoms with E-state index >= 15 is 4.57 Å². The van der Waals surface area contributed by atoms with Gasteiger partial charge < -0.3 is 9.77 Å². The molecule has 31 heavy (non-hydrogen) atoms. The summed E-state index contributed by atoms with van der Waals surface area (Å²) in [6.45, 7) is 0. The molecule has 4 aromatic carbocycles. The topological polar surface area (TPSA) is 49.7 Å². The Morgan fingerprint density at radius 2 is 1.10 bits per heavy atom. The van der Waals surface area contributed by atoms with Gasteiger partial charge in [-0.1, -0.05) is 126 Å². The smallest absolute Gasteiger partial charge is 0.150 e. The van der Waals surface area contributed by atoms with Crippen molar-refractivity contribution in [1.82, 2.24) is 0 Å². The molecule has 0 aliphatic carbocycles. The number of hydrogen-bond acceptors (Lipinski definition) is 3. The van der Waals surface area contributed by atoms with Gasteiger partial charge in [0.1, 0.15) is 0 Å². The van der Waals surface area contributed by atoms with Crippen LogP contribution >= 0.6 is 7.14 Å². The summed E-state index contributed by atoms with van der Waals surface area (Å²) in [4.78, 5) is 0. The maximum absolute atomic E-state index is 15.1. The Hall–Kier alpha value is -3.42. The summed E-state index contributed by atoms with van der Waals surface area (Å²) < 4.78 is 15.1. The lowest BCUT2D eigenvalue weighted by Crippen LogP contribution is -2.23. The van der Waals surface area contributed by atoms with Crippen LogP contribution in [0.4, 0.5) is 0 Å². The van der Waals surface area contributed by atoms with Gasteiger partial charge in [-0.15, -0.1) is 0 Å². The molecule has 0 fully saturated rings. The van der Waals surface area contributed by atoms with Gasteiger partial charge in [0.25, 0.3) is 0 Å². The second-order valence-corrected chi connectivity index (χ2v) is 10.3. The molecular weight excluding hydrogens is 401 g/mol. The van der Waals surface area contributed by atoms with E-state index < -0.39 is 7.14 Å². The Kier molecular flexibility index (Phi) is 6.45. The van der Waals surface area contributed by atoms with Gasteiger partial charge in [0.05, 0.1) is 11.4 Å². The molecule has 1 atom stereocenters. The molecule has 0 heterocycles. The van der Waals surface area contributed by atoms with E-state index in [0.717, 1.165) is 21.7 Å². The Balaban J connectivity index is 1.91. The first kappa shape index (κ1) is 20.8. The molecule has 0 saturated heterocycles. The van der Waals surface area contributed by atoms with Gasteiger partial charge in [0.2, 0.25) is 0 Å². The predicted molar refractivity (Wildman–Crippen MR) is 128 cm³/mol. The van der Waals surface area contributed by atoms with Crippen LogP contribution in [-0.2, 0) is 4.57 Å². The summed E-state index contributed by atoms with van der Waals surface area (Å²) in [5.74, 6) is 0. The van der Waals surface area contributed by atoms with Crippen molar-refractivity contribution in [2.24, 2.45) is 5.16 Å². The maximum atomic E-state index is 15.1. The van der Waals surface area contributed by atoms with E-state index in [1.54, 1.807) is 0 Å². The molecule has 1 N–H and O–H groups in total. The zero-order valence-corrected chi connectivity index (χ0v) is 18.0. The first-order valence-electron chi connectivity index (χ1n) is 10.3. The van der Waals surface area contributed by atoms with E-state index in [1.807, 2.05) is 121 Å². The van der Waals surface area contributed by atoms with Crippen molar-refractivity contribution in [3.8, 4) is 0 Å². The number of hydrogen-bond donors (Lipinski definition) is 1. The molecule has 3 nitrogen and oxygen atoms in total. The molecule has 0 spiro atoms. The third-order valence-electron chi connectivity index (χ3n) is 5.52. The molecule has 1 unspecified atom stereocenters. The Labute approximate surface area is 183 Å². The normalized spacial score (nSPS) is 13.0. The average Bonchev–Trinajstić information content (AvgIpc) is 2.86. The van der Waals surface area contributed by atoms with Crippen LogP contribution in [0.1, 0.15) is 23.2 Å². The Morgan fingerprint density at radius 1 is 0.677 bits per heavy atom. The highest BCUT2D eigenvalue weighted by Crippen LogP contribution is 2.59. The third-order valence-corrected chi connectivity index (χ3v) is 9.01. The minimum atomic E-state index is -3.14. The zero-order valence-electron chi connectivity index (χ0n) is 17.1. The minimum Gasteiger partial charge on any atom is -0.411 e. The van der Waals surface area contributed by atoms with Gasteiger partial charge in [0, 0.05) is 17.0 Å². The summed E-state index contributed by atoms with van der Waals surface area (Å²) in [6, 6.07) is 38.7. The lowest BCUT2D eigenvalue weighted by molar-refractivity contribution is 0.318. The van der Waals surface area contributed by atoms with E-state index in [4.69, 9.17) is 0 Å². The number of oxime groups is 1. The molecule has 4 aromatic rings. The van der Waals surface area contributed by atoms with Crippen LogP contribution < -0.4 is 10.6 Å². The van der Waals surface area contributed by atoms with Crippen LogP contribution in [0.5, 0.6) is 0 Å². The van der Waals surface area contributed by atoms with Crippen LogP contribution in [0.25, 0.3) is 0 Å². The van der Waals surface area contributed by atoms with Gasteiger partial charge in [-0.25, -0.2) is 0 Å². The Bertz CT molecular complexity index is 1130. The van der Waals surface area contributed by atoms with Gasteiger partial charge >= 0.3 is 0 Å². The maximum Gasteiger partial charge on any atom is 0.150 e. The summed E-state index contributed by atoms with van der Waals surface area (Å²) >= 11 is 0. The molecule has 0 aliphatic rings. The van der Waals surface area contributed by atoms with Crippen molar-refractivity contribution in [2.45, 2.75) is 12.1 Å². The largest absolute Gasteiger partial charge is 0.411 e. The molecule has 0 aliphatic heterocycles. The van der Waals surface area contributed by atoms with Gasteiger partial charge in [0.15, 0.2) is 7.14 Å². The van der Waals surface area contributed by atoms with E-state index in [9.17, 15) is 5.21 Å². The average molecular weight is 425 g/mol. The molecule has 4 rings (SSSR count). The highest BCUT2D eigenvalue weighted by atomic mass is 31.2. The zero-order chi connectivity index (χ0) is 21.5. The molecule has 0 aromatic heterocycles. The quantitative estimate of drug-likeness (QED) is 0.171. The lowest BCUT2D eigenvalue weighted by atomic mass is 10.0. The lowest BCUT2D eigenvalue weighted by Gasteiger charge is -2.29. The van der Waals surface area contributed by atoms with E-state index in [0.29, 0.717) is 12.1 Å². The van der Waals surface area contributed by atoms with Gasteiger partial charge in [-0.2, -0.15) is 0 Å². The SMILES string of the molecule is O=P(c1ccccc1)(c1ccccc1)C(C/C(=N/O)c1ccccc1)c1ccccc1. The van der Waals surface area contributed by atoms with E-state index in [2.05, 4.69) is 5.16 Å². The third kappa shape index (κ3) is 4.38. The summed E-state index contributed by atoms with van der Waals surface area (Å²) in [6.07, 6.45) is 0.339. The first-order valence-corrected chi connectivity index (χ1v) is 12.0. The monoisotopic (exact) mass is 425 g/mol. The first-order chi connectivity index (χ1) is 15.2. The van der Waals surface area contributed by atoms with Crippen LogP contribution in [0, 0.1) is 0 Å². The van der Waals surface area contributed by atoms with Crippen LogP contribution in [-0.4, -0.2) is 10.9 Å². The Morgan fingerprint density at radius 3 is 1.55 bits per heavy atom. The number of rotatable bonds is 7. The van der Waals surface area contributed by atoms with Gasteiger partial charge in [-0.05, 0) is 11.1 Å². The van der Waals surface area contributed by atoms with E-state index in [1.165, 1.54) is 0 Å².